The molecule has 0 saturated carbocycles. The van der Waals surface area contributed by atoms with Crippen LogP contribution < -0.4 is 9.47 Å². The van der Waals surface area contributed by atoms with E-state index in [1.54, 1.807) is 24.3 Å². The molecule has 130 valence electrons. The van der Waals surface area contributed by atoms with Crippen LogP contribution in [-0.4, -0.2) is 30.2 Å². The van der Waals surface area contributed by atoms with E-state index in [0.717, 1.165) is 6.08 Å². The fourth-order valence-electron chi connectivity index (χ4n) is 2.58. The van der Waals surface area contributed by atoms with Gasteiger partial charge in [-0.25, -0.2) is 13.6 Å². The molecule has 0 bridgehead atoms. The zero-order chi connectivity index (χ0) is 17.9. The number of benzene rings is 2. The van der Waals surface area contributed by atoms with Crippen LogP contribution >= 0.6 is 0 Å². The number of carbonyl (C=O) groups is 1. The summed E-state index contributed by atoms with van der Waals surface area (Å²) in [5.74, 6) is -3.29. The summed E-state index contributed by atoms with van der Waals surface area (Å²) in [7, 11) is 0. The molecule has 0 aromatic heterocycles. The molecule has 0 saturated heterocycles. The van der Waals surface area contributed by atoms with E-state index in [9.17, 15) is 13.6 Å². The average molecular weight is 346 g/mol. The third-order valence-electron chi connectivity index (χ3n) is 3.76. The van der Waals surface area contributed by atoms with Gasteiger partial charge in [0.15, 0.2) is 11.5 Å². The Kier molecular flexibility index (Phi) is 4.70. The molecule has 0 fully saturated rings. The van der Waals surface area contributed by atoms with Crippen LogP contribution in [-0.2, 0) is 6.42 Å². The van der Waals surface area contributed by atoms with Crippen molar-refractivity contribution in [2.75, 3.05) is 13.2 Å². The number of fused-ring (bicyclic) bond motifs is 1. The summed E-state index contributed by atoms with van der Waals surface area (Å²) in [6.07, 6.45) is 1.38. The van der Waals surface area contributed by atoms with Crippen molar-refractivity contribution in [3.05, 3.63) is 65.2 Å². The molecule has 4 nitrogen and oxygen atoms in total. The third-order valence-corrected chi connectivity index (χ3v) is 3.76. The third kappa shape index (κ3) is 4.15. The summed E-state index contributed by atoms with van der Waals surface area (Å²) in [4.78, 5) is 11.1. The fraction of sp³-hybridized carbons (Fsp3) is 0.211. The van der Waals surface area contributed by atoms with E-state index in [1.807, 2.05) is 0 Å². The van der Waals surface area contributed by atoms with Gasteiger partial charge in [0, 0.05) is 6.42 Å². The molecule has 0 amide bonds. The molecule has 25 heavy (non-hydrogen) atoms. The number of ether oxygens (including phenoxy) is 2. The van der Waals surface area contributed by atoms with E-state index in [4.69, 9.17) is 14.6 Å². The smallest absolute Gasteiger partial charge is 0.335 e. The molecule has 1 aliphatic heterocycles. The Balaban J connectivity index is 1.77. The molecule has 1 N–H and O–H groups in total. The van der Waals surface area contributed by atoms with Crippen LogP contribution in [0.5, 0.6) is 11.5 Å². The number of hydrogen-bond acceptors (Lipinski definition) is 3. The largest absolute Gasteiger partial charge is 0.486 e. The van der Waals surface area contributed by atoms with Gasteiger partial charge in [-0.3, -0.25) is 0 Å². The standard InChI is InChI=1S/C19H16F2O4/c20-19(21,12-14-3-1-2-4-15(14)18(22)23)8-7-13-5-6-16-17(11-13)25-10-9-24-16/h1-8,11H,9-10,12H2,(H,22,23)/b8-7+. The summed E-state index contributed by atoms with van der Waals surface area (Å²) >= 11 is 0. The molecule has 1 heterocycles. The van der Waals surface area contributed by atoms with Crippen molar-refractivity contribution in [3.63, 3.8) is 0 Å². The minimum absolute atomic E-state index is 0.0897. The van der Waals surface area contributed by atoms with E-state index in [0.29, 0.717) is 30.3 Å². The second-order valence-electron chi connectivity index (χ2n) is 5.64. The van der Waals surface area contributed by atoms with Crippen molar-refractivity contribution in [1.82, 2.24) is 0 Å². The second-order valence-corrected chi connectivity index (χ2v) is 5.64. The lowest BCUT2D eigenvalue weighted by molar-refractivity contribution is 0.0557. The highest BCUT2D eigenvalue weighted by Gasteiger charge is 2.27. The Labute approximate surface area is 143 Å². The molecule has 0 unspecified atom stereocenters. The molecule has 0 aliphatic carbocycles. The zero-order valence-electron chi connectivity index (χ0n) is 13.2. The van der Waals surface area contributed by atoms with Crippen molar-refractivity contribution >= 4 is 12.0 Å². The van der Waals surface area contributed by atoms with Gasteiger partial charge in [0.25, 0.3) is 5.92 Å². The molecule has 3 rings (SSSR count). The van der Waals surface area contributed by atoms with E-state index >= 15 is 0 Å². The Bertz CT molecular complexity index is 815. The summed E-state index contributed by atoms with van der Waals surface area (Å²) in [6, 6.07) is 10.7. The van der Waals surface area contributed by atoms with Gasteiger partial charge in [0.2, 0.25) is 0 Å². The first-order valence-corrected chi connectivity index (χ1v) is 7.72. The van der Waals surface area contributed by atoms with Crippen molar-refractivity contribution < 1.29 is 28.2 Å². The highest BCUT2D eigenvalue weighted by Crippen LogP contribution is 2.32. The average Bonchev–Trinajstić information content (AvgIpc) is 2.60. The molecule has 0 spiro atoms. The second kappa shape index (κ2) is 6.93. The first-order chi connectivity index (χ1) is 11.9. The predicted molar refractivity (Wildman–Crippen MR) is 88.5 cm³/mol. The Morgan fingerprint density at radius 1 is 1.12 bits per heavy atom. The lowest BCUT2D eigenvalue weighted by atomic mass is 10.0. The molecular formula is C19H16F2O4. The molecule has 0 radical (unpaired) electrons. The van der Waals surface area contributed by atoms with Gasteiger partial charge in [-0.15, -0.1) is 0 Å². The van der Waals surface area contributed by atoms with Crippen molar-refractivity contribution in [1.29, 1.82) is 0 Å². The monoisotopic (exact) mass is 346 g/mol. The molecular weight excluding hydrogens is 330 g/mol. The summed E-state index contributed by atoms with van der Waals surface area (Å²) in [6.45, 7) is 0.880. The van der Waals surface area contributed by atoms with Crippen LogP contribution in [0.2, 0.25) is 0 Å². The maximum Gasteiger partial charge on any atom is 0.335 e. The molecule has 0 atom stereocenters. The van der Waals surface area contributed by atoms with Crippen LogP contribution in [0.4, 0.5) is 8.78 Å². The van der Waals surface area contributed by atoms with Crippen LogP contribution in [0.3, 0.4) is 0 Å². The molecule has 6 heteroatoms. The SMILES string of the molecule is O=C(O)c1ccccc1CC(F)(F)/C=C/c1ccc2c(c1)OCCO2. The summed E-state index contributed by atoms with van der Waals surface area (Å²) < 4.78 is 39.3. The minimum Gasteiger partial charge on any atom is -0.486 e. The fourth-order valence-corrected chi connectivity index (χ4v) is 2.58. The normalized spacial score (nSPS) is 13.8. The van der Waals surface area contributed by atoms with Crippen LogP contribution in [0, 0.1) is 0 Å². The quantitative estimate of drug-likeness (QED) is 0.887. The number of aromatic carboxylic acids is 1. The maximum absolute atomic E-state index is 14.2. The Hall–Kier alpha value is -2.89. The van der Waals surface area contributed by atoms with Gasteiger partial charge >= 0.3 is 5.97 Å². The summed E-state index contributed by atoms with van der Waals surface area (Å²) in [5.41, 5.74) is 0.525. The number of halogens is 2. The van der Waals surface area contributed by atoms with Gasteiger partial charge in [0.05, 0.1) is 5.56 Å². The van der Waals surface area contributed by atoms with Crippen LogP contribution in [0.15, 0.2) is 48.5 Å². The first-order valence-electron chi connectivity index (χ1n) is 7.72. The van der Waals surface area contributed by atoms with Crippen molar-refractivity contribution in [2.24, 2.45) is 0 Å². The van der Waals surface area contributed by atoms with E-state index in [-0.39, 0.29) is 11.1 Å². The van der Waals surface area contributed by atoms with Gasteiger partial charge in [-0.05, 0) is 35.4 Å². The highest BCUT2D eigenvalue weighted by molar-refractivity contribution is 5.89. The number of rotatable bonds is 5. The summed E-state index contributed by atoms with van der Waals surface area (Å²) in [5, 5.41) is 9.09. The zero-order valence-corrected chi connectivity index (χ0v) is 13.2. The number of allylic oxidation sites excluding steroid dienone is 1. The van der Waals surface area contributed by atoms with Gasteiger partial charge in [-0.1, -0.05) is 30.3 Å². The highest BCUT2D eigenvalue weighted by atomic mass is 19.3. The lowest BCUT2D eigenvalue weighted by Crippen LogP contribution is -2.18. The van der Waals surface area contributed by atoms with E-state index in [1.165, 1.54) is 24.3 Å². The number of carboxylic acid groups (broad SMARTS) is 1. The number of carboxylic acids is 1. The number of hydrogen-bond donors (Lipinski definition) is 1. The van der Waals surface area contributed by atoms with E-state index < -0.39 is 18.3 Å². The van der Waals surface area contributed by atoms with Gasteiger partial charge < -0.3 is 14.6 Å². The maximum atomic E-state index is 14.2. The molecule has 2 aromatic carbocycles. The Morgan fingerprint density at radius 2 is 1.84 bits per heavy atom. The van der Waals surface area contributed by atoms with Crippen LogP contribution in [0.1, 0.15) is 21.5 Å². The minimum atomic E-state index is -3.18. The molecule has 2 aromatic rings. The lowest BCUT2D eigenvalue weighted by Gasteiger charge is -2.18. The predicted octanol–water partition coefficient (Wildman–Crippen LogP) is 4.05. The van der Waals surface area contributed by atoms with Crippen molar-refractivity contribution in [3.8, 4) is 11.5 Å². The van der Waals surface area contributed by atoms with Gasteiger partial charge in [0.1, 0.15) is 13.2 Å². The van der Waals surface area contributed by atoms with Gasteiger partial charge in [-0.2, -0.15) is 0 Å². The topological polar surface area (TPSA) is 55.8 Å². The van der Waals surface area contributed by atoms with Crippen molar-refractivity contribution in [2.45, 2.75) is 12.3 Å². The van der Waals surface area contributed by atoms with E-state index in [2.05, 4.69) is 0 Å². The molecule has 1 aliphatic rings. The van der Waals surface area contributed by atoms with Crippen LogP contribution in [0.25, 0.3) is 6.08 Å². The Morgan fingerprint density at radius 3 is 2.60 bits per heavy atom. The first kappa shape index (κ1) is 17.0. The number of alkyl halides is 2.